The molecule has 0 saturated heterocycles. The summed E-state index contributed by atoms with van der Waals surface area (Å²) in [6, 6.07) is 10.3. The van der Waals surface area contributed by atoms with Crippen LogP contribution < -0.4 is 5.32 Å². The molecule has 0 aliphatic heterocycles. The number of hydrogen-bond acceptors (Lipinski definition) is 6. The lowest BCUT2D eigenvalue weighted by Crippen LogP contribution is -2.09. The zero-order chi connectivity index (χ0) is 18.4. The Morgan fingerprint density at radius 3 is 2.74 bits per heavy atom. The summed E-state index contributed by atoms with van der Waals surface area (Å²) in [5, 5.41) is 12.9. The van der Waals surface area contributed by atoms with Gasteiger partial charge in [0.05, 0.1) is 29.2 Å². The molecule has 27 heavy (non-hydrogen) atoms. The normalized spacial score (nSPS) is 15.2. The highest BCUT2D eigenvalue weighted by molar-refractivity contribution is 5.85. The molecule has 1 saturated carbocycles. The molecule has 4 aromatic rings. The van der Waals surface area contributed by atoms with Gasteiger partial charge in [-0.2, -0.15) is 4.98 Å². The van der Waals surface area contributed by atoms with E-state index >= 15 is 0 Å². The van der Waals surface area contributed by atoms with Gasteiger partial charge in [-0.15, -0.1) is 5.10 Å². The fourth-order valence-corrected chi connectivity index (χ4v) is 3.25. The second-order valence-electron chi connectivity index (χ2n) is 7.08. The molecule has 0 amide bonds. The molecule has 0 radical (unpaired) electrons. The van der Waals surface area contributed by atoms with Gasteiger partial charge in [-0.05, 0) is 50.5 Å². The van der Waals surface area contributed by atoms with E-state index in [1.807, 2.05) is 23.9 Å². The SMILES string of the molecule is Cc1nc(NC(C)c2ccc(-n3cc(C4CC4)nn3)cc2)c2ccoc2n1. The first kappa shape index (κ1) is 16.0. The highest BCUT2D eigenvalue weighted by Gasteiger charge is 2.26. The molecule has 5 rings (SSSR count). The van der Waals surface area contributed by atoms with Gasteiger partial charge in [0.15, 0.2) is 0 Å². The number of aryl methyl sites for hydroxylation is 1. The van der Waals surface area contributed by atoms with Crippen molar-refractivity contribution in [1.82, 2.24) is 25.0 Å². The molecule has 1 unspecified atom stereocenters. The van der Waals surface area contributed by atoms with Crippen LogP contribution in [0.2, 0.25) is 0 Å². The summed E-state index contributed by atoms with van der Waals surface area (Å²) in [5.74, 6) is 2.08. The van der Waals surface area contributed by atoms with Crippen LogP contribution in [-0.2, 0) is 0 Å². The Morgan fingerprint density at radius 1 is 1.15 bits per heavy atom. The van der Waals surface area contributed by atoms with Gasteiger partial charge in [0, 0.05) is 12.0 Å². The van der Waals surface area contributed by atoms with E-state index in [-0.39, 0.29) is 6.04 Å². The molecule has 1 aliphatic carbocycles. The fourth-order valence-electron chi connectivity index (χ4n) is 3.25. The van der Waals surface area contributed by atoms with Crippen LogP contribution in [-0.4, -0.2) is 25.0 Å². The number of fused-ring (bicyclic) bond motifs is 1. The third-order valence-corrected chi connectivity index (χ3v) is 4.95. The van der Waals surface area contributed by atoms with Crippen LogP contribution in [0.4, 0.5) is 5.82 Å². The maximum atomic E-state index is 5.41. The Labute approximate surface area is 156 Å². The van der Waals surface area contributed by atoms with Gasteiger partial charge >= 0.3 is 0 Å². The van der Waals surface area contributed by atoms with Crippen molar-refractivity contribution < 1.29 is 4.42 Å². The summed E-state index contributed by atoms with van der Waals surface area (Å²) in [7, 11) is 0. The van der Waals surface area contributed by atoms with Crippen LogP contribution in [0, 0.1) is 6.92 Å². The molecule has 0 spiro atoms. The van der Waals surface area contributed by atoms with Crippen molar-refractivity contribution in [2.24, 2.45) is 0 Å². The van der Waals surface area contributed by atoms with Gasteiger partial charge in [-0.3, -0.25) is 0 Å². The minimum atomic E-state index is 0.0872. The molecule has 1 N–H and O–H groups in total. The summed E-state index contributed by atoms with van der Waals surface area (Å²) in [6.45, 7) is 3.97. The first-order valence-electron chi connectivity index (χ1n) is 9.18. The molecular formula is C20H20N6O. The number of benzene rings is 1. The summed E-state index contributed by atoms with van der Waals surface area (Å²) in [4.78, 5) is 8.83. The van der Waals surface area contributed by atoms with Crippen LogP contribution >= 0.6 is 0 Å². The van der Waals surface area contributed by atoms with Gasteiger partial charge in [-0.25, -0.2) is 9.67 Å². The van der Waals surface area contributed by atoms with Crippen molar-refractivity contribution in [2.45, 2.75) is 38.6 Å². The summed E-state index contributed by atoms with van der Waals surface area (Å²) in [6.07, 6.45) is 6.13. The summed E-state index contributed by atoms with van der Waals surface area (Å²) in [5.41, 5.74) is 3.87. The first-order chi connectivity index (χ1) is 13.2. The lowest BCUT2D eigenvalue weighted by molar-refractivity contribution is 0.601. The van der Waals surface area contributed by atoms with Crippen molar-refractivity contribution in [3.05, 3.63) is 59.9 Å². The highest BCUT2D eigenvalue weighted by atomic mass is 16.3. The van der Waals surface area contributed by atoms with Crippen LogP contribution in [0.25, 0.3) is 16.8 Å². The van der Waals surface area contributed by atoms with E-state index in [1.165, 1.54) is 12.8 Å². The largest absolute Gasteiger partial charge is 0.446 e. The zero-order valence-corrected chi connectivity index (χ0v) is 15.3. The molecule has 1 fully saturated rings. The molecule has 3 aromatic heterocycles. The average molecular weight is 360 g/mol. The maximum absolute atomic E-state index is 5.41. The van der Waals surface area contributed by atoms with E-state index < -0.39 is 0 Å². The van der Waals surface area contributed by atoms with E-state index in [1.54, 1.807) is 6.26 Å². The van der Waals surface area contributed by atoms with Crippen molar-refractivity contribution in [3.63, 3.8) is 0 Å². The van der Waals surface area contributed by atoms with Gasteiger partial charge in [0.2, 0.25) is 5.71 Å². The molecule has 1 aromatic carbocycles. The van der Waals surface area contributed by atoms with E-state index in [0.717, 1.165) is 28.1 Å². The minimum absolute atomic E-state index is 0.0872. The Kier molecular flexibility index (Phi) is 3.67. The number of aromatic nitrogens is 5. The molecular weight excluding hydrogens is 340 g/mol. The molecule has 1 aliphatic rings. The van der Waals surface area contributed by atoms with Crippen LogP contribution in [0.3, 0.4) is 0 Å². The average Bonchev–Trinajstić information content (AvgIpc) is 3.21. The summed E-state index contributed by atoms with van der Waals surface area (Å²) < 4.78 is 7.25. The molecule has 0 bridgehead atoms. The Hall–Kier alpha value is -3.22. The zero-order valence-electron chi connectivity index (χ0n) is 15.3. The smallest absolute Gasteiger partial charge is 0.231 e. The van der Waals surface area contributed by atoms with Crippen molar-refractivity contribution in [1.29, 1.82) is 0 Å². The number of hydrogen-bond donors (Lipinski definition) is 1. The first-order valence-corrected chi connectivity index (χ1v) is 9.18. The third kappa shape index (κ3) is 3.05. The number of nitrogens with one attached hydrogen (secondary N) is 1. The van der Waals surface area contributed by atoms with Crippen molar-refractivity contribution in [2.75, 3.05) is 5.32 Å². The predicted molar refractivity (Wildman–Crippen MR) is 102 cm³/mol. The Balaban J connectivity index is 1.36. The minimum Gasteiger partial charge on any atom is -0.446 e. The molecule has 7 nitrogen and oxygen atoms in total. The molecule has 1 atom stereocenters. The number of rotatable bonds is 5. The third-order valence-electron chi connectivity index (χ3n) is 4.95. The van der Waals surface area contributed by atoms with E-state index in [0.29, 0.717) is 17.5 Å². The predicted octanol–water partition coefficient (Wildman–Crippen LogP) is 4.16. The van der Waals surface area contributed by atoms with Gasteiger partial charge in [0.1, 0.15) is 11.6 Å². The van der Waals surface area contributed by atoms with Crippen LogP contribution in [0.5, 0.6) is 0 Å². The van der Waals surface area contributed by atoms with Gasteiger partial charge < -0.3 is 9.73 Å². The fraction of sp³-hybridized carbons (Fsp3) is 0.300. The molecule has 7 heteroatoms. The van der Waals surface area contributed by atoms with E-state index in [4.69, 9.17) is 4.42 Å². The van der Waals surface area contributed by atoms with Gasteiger partial charge in [-0.1, -0.05) is 17.3 Å². The van der Waals surface area contributed by atoms with Gasteiger partial charge in [0.25, 0.3) is 0 Å². The Bertz CT molecular complexity index is 1090. The Morgan fingerprint density at radius 2 is 1.96 bits per heavy atom. The number of anilines is 1. The van der Waals surface area contributed by atoms with Crippen LogP contribution in [0.15, 0.2) is 47.2 Å². The number of nitrogens with zero attached hydrogens (tertiary/aromatic N) is 5. The number of furan rings is 1. The van der Waals surface area contributed by atoms with Crippen molar-refractivity contribution in [3.8, 4) is 5.69 Å². The van der Waals surface area contributed by atoms with Crippen LogP contribution in [0.1, 0.15) is 48.8 Å². The monoisotopic (exact) mass is 360 g/mol. The van der Waals surface area contributed by atoms with E-state index in [2.05, 4.69) is 56.8 Å². The maximum Gasteiger partial charge on any atom is 0.231 e. The second kappa shape index (κ2) is 6.19. The topological polar surface area (TPSA) is 81.7 Å². The second-order valence-corrected chi connectivity index (χ2v) is 7.08. The quantitative estimate of drug-likeness (QED) is 0.575. The molecule has 3 heterocycles. The standard InChI is InChI=1S/C20H20N6O/c1-12(21-19-17-9-10-27-20(17)23-13(2)22-19)14-5-7-16(8-6-14)26-11-18(24-25-26)15-3-4-15/h5-12,15H,3-4H2,1-2H3,(H,21,22,23). The van der Waals surface area contributed by atoms with Crippen molar-refractivity contribution >= 4 is 16.9 Å². The lowest BCUT2D eigenvalue weighted by Gasteiger charge is -2.16. The highest BCUT2D eigenvalue weighted by Crippen LogP contribution is 2.38. The van der Waals surface area contributed by atoms with E-state index in [9.17, 15) is 0 Å². The lowest BCUT2D eigenvalue weighted by atomic mass is 10.1. The summed E-state index contributed by atoms with van der Waals surface area (Å²) >= 11 is 0. The molecule has 136 valence electrons.